The summed E-state index contributed by atoms with van der Waals surface area (Å²) in [5.41, 5.74) is 4.85. The Labute approximate surface area is 56.2 Å². The summed E-state index contributed by atoms with van der Waals surface area (Å²) >= 11 is 0.630. The molecule has 4 nitrogen and oxygen atoms in total. The van der Waals surface area contributed by atoms with Gasteiger partial charge in [-0.25, -0.2) is 4.79 Å². The van der Waals surface area contributed by atoms with E-state index in [-0.39, 0.29) is 10.1 Å². The molecule has 9 heavy (non-hydrogen) atoms. The second-order valence-corrected chi connectivity index (χ2v) is 2.33. The molecule has 0 aliphatic heterocycles. The molecule has 0 saturated heterocycles. The van der Waals surface area contributed by atoms with Crippen molar-refractivity contribution in [2.24, 2.45) is 5.73 Å². The summed E-state index contributed by atoms with van der Waals surface area (Å²) in [7, 11) is 0. The van der Waals surface area contributed by atoms with Crippen LogP contribution in [-0.2, 0) is 4.79 Å². The Morgan fingerprint density at radius 1 is 1.78 bits per heavy atom. The Morgan fingerprint density at radius 2 is 2.22 bits per heavy atom. The average Bonchev–Trinajstić information content (AvgIpc) is 1.63. The van der Waals surface area contributed by atoms with E-state index in [1.807, 2.05) is 0 Å². The van der Waals surface area contributed by atoms with E-state index in [9.17, 15) is 4.79 Å². The lowest BCUT2D eigenvalue weighted by atomic mass is 10.7. The van der Waals surface area contributed by atoms with Crippen molar-refractivity contribution in [3.63, 3.8) is 0 Å². The molecule has 0 radical (unpaired) electrons. The number of carboxylic acid groups (broad SMARTS) is 1. The quantitative estimate of drug-likeness (QED) is 0.295. The molecule has 0 amide bonds. The summed E-state index contributed by atoms with van der Waals surface area (Å²) in [6.45, 7) is 3.14. The van der Waals surface area contributed by atoms with Crippen molar-refractivity contribution in [3.8, 4) is 0 Å². The highest BCUT2D eigenvalue weighted by molar-refractivity contribution is 8.17. The summed E-state index contributed by atoms with van der Waals surface area (Å²) in [6, 6.07) is 0. The number of hydrogen-bond donors (Lipinski definition) is 3. The summed E-state index contributed by atoms with van der Waals surface area (Å²) in [5, 5.41) is 14.5. The van der Waals surface area contributed by atoms with Crippen molar-refractivity contribution in [3.05, 3.63) is 11.5 Å². The van der Waals surface area contributed by atoms with Crippen LogP contribution in [0.25, 0.3) is 0 Å². The van der Waals surface area contributed by atoms with Crippen LogP contribution in [0.4, 0.5) is 0 Å². The number of amidine groups is 1. The van der Waals surface area contributed by atoms with E-state index in [2.05, 4.69) is 6.58 Å². The molecule has 0 aromatic carbocycles. The van der Waals surface area contributed by atoms with Crippen LogP contribution in [0.3, 0.4) is 0 Å². The molecule has 4 N–H and O–H groups in total. The van der Waals surface area contributed by atoms with Gasteiger partial charge in [0, 0.05) is 0 Å². The van der Waals surface area contributed by atoms with Crippen LogP contribution < -0.4 is 5.73 Å². The molecular weight excluding hydrogens is 140 g/mol. The Kier molecular flexibility index (Phi) is 2.80. The van der Waals surface area contributed by atoms with Crippen molar-refractivity contribution < 1.29 is 9.90 Å². The summed E-state index contributed by atoms with van der Waals surface area (Å²) in [5.74, 6) is -1.14. The predicted octanol–water partition coefficient (Wildman–Crippen LogP) is 0.211. The van der Waals surface area contributed by atoms with E-state index in [1.165, 1.54) is 0 Å². The topological polar surface area (TPSA) is 87.2 Å². The molecule has 0 heterocycles. The number of carbonyl (C=O) groups is 1. The molecule has 0 atom stereocenters. The molecule has 0 aliphatic rings. The third-order valence-electron chi connectivity index (χ3n) is 0.472. The molecule has 0 aliphatic carbocycles. The van der Waals surface area contributed by atoms with Crippen molar-refractivity contribution in [1.82, 2.24) is 0 Å². The molecule has 0 unspecified atom stereocenters. The predicted molar refractivity (Wildman–Crippen MR) is 36.3 cm³/mol. The molecule has 0 bridgehead atoms. The standard InChI is InChI=1S/C4H6N2O2S/c1-2(3(7)8)9-4(5)6/h1H2,(H3,5,6)(H,7,8). The Morgan fingerprint density at radius 3 is 2.33 bits per heavy atom. The fourth-order valence-electron chi connectivity index (χ4n) is 0.176. The molecule has 0 aromatic rings. The van der Waals surface area contributed by atoms with Gasteiger partial charge < -0.3 is 10.8 Å². The second kappa shape index (κ2) is 3.13. The minimum atomic E-state index is -1.14. The van der Waals surface area contributed by atoms with E-state index in [0.717, 1.165) is 0 Å². The molecule has 50 valence electrons. The Hall–Kier alpha value is -0.970. The summed E-state index contributed by atoms with van der Waals surface area (Å²) < 4.78 is 0. The molecule has 0 fully saturated rings. The maximum Gasteiger partial charge on any atom is 0.342 e. The van der Waals surface area contributed by atoms with Gasteiger partial charge in [0.05, 0.1) is 4.91 Å². The lowest BCUT2D eigenvalue weighted by Crippen LogP contribution is -2.06. The normalized spacial score (nSPS) is 8.44. The third-order valence-corrected chi connectivity index (χ3v) is 1.11. The Balaban J connectivity index is 3.79. The first kappa shape index (κ1) is 8.03. The highest BCUT2D eigenvalue weighted by atomic mass is 32.2. The highest BCUT2D eigenvalue weighted by Gasteiger charge is 2.04. The largest absolute Gasteiger partial charge is 0.477 e. The second-order valence-electron chi connectivity index (χ2n) is 1.19. The molecular formula is C4H6N2O2S. The van der Waals surface area contributed by atoms with E-state index < -0.39 is 5.97 Å². The summed E-state index contributed by atoms with van der Waals surface area (Å²) in [4.78, 5) is 9.83. The van der Waals surface area contributed by atoms with Crippen LogP contribution in [0.1, 0.15) is 0 Å². The van der Waals surface area contributed by atoms with E-state index in [4.69, 9.17) is 16.2 Å². The lowest BCUT2D eigenvalue weighted by molar-refractivity contribution is -0.131. The van der Waals surface area contributed by atoms with Gasteiger partial charge in [-0.3, -0.25) is 5.41 Å². The van der Waals surface area contributed by atoms with E-state index in [0.29, 0.717) is 11.8 Å². The molecule has 5 heteroatoms. The van der Waals surface area contributed by atoms with Crippen LogP contribution in [0.2, 0.25) is 0 Å². The van der Waals surface area contributed by atoms with Gasteiger partial charge >= 0.3 is 5.97 Å². The number of rotatable bonds is 2. The zero-order valence-corrected chi connectivity index (χ0v) is 5.36. The highest BCUT2D eigenvalue weighted by Crippen LogP contribution is 2.10. The van der Waals surface area contributed by atoms with Gasteiger partial charge in [0.25, 0.3) is 0 Å². The average molecular weight is 146 g/mol. The maximum absolute atomic E-state index is 9.96. The maximum atomic E-state index is 9.96. The first-order valence-corrected chi connectivity index (χ1v) is 2.79. The fraction of sp³-hybridized carbons (Fsp3) is 0. The van der Waals surface area contributed by atoms with Crippen LogP contribution in [0.15, 0.2) is 11.5 Å². The van der Waals surface area contributed by atoms with Crippen molar-refractivity contribution >= 4 is 22.9 Å². The van der Waals surface area contributed by atoms with Crippen molar-refractivity contribution in [2.75, 3.05) is 0 Å². The van der Waals surface area contributed by atoms with Crippen LogP contribution in [0, 0.1) is 5.41 Å². The number of nitrogens with one attached hydrogen (secondary N) is 1. The van der Waals surface area contributed by atoms with Gasteiger partial charge in [0.2, 0.25) is 0 Å². The van der Waals surface area contributed by atoms with E-state index >= 15 is 0 Å². The van der Waals surface area contributed by atoms with Crippen molar-refractivity contribution in [2.45, 2.75) is 0 Å². The number of aliphatic carboxylic acids is 1. The number of nitrogens with two attached hydrogens (primary N) is 1. The van der Waals surface area contributed by atoms with Crippen LogP contribution >= 0.6 is 11.8 Å². The molecule has 0 saturated carbocycles. The van der Waals surface area contributed by atoms with Gasteiger partial charge in [-0.05, 0) is 11.8 Å². The van der Waals surface area contributed by atoms with Crippen LogP contribution in [-0.4, -0.2) is 16.2 Å². The zero-order valence-electron chi connectivity index (χ0n) is 4.55. The monoisotopic (exact) mass is 146 g/mol. The minimum Gasteiger partial charge on any atom is -0.477 e. The first-order valence-electron chi connectivity index (χ1n) is 1.98. The van der Waals surface area contributed by atoms with Gasteiger partial charge in [-0.2, -0.15) is 0 Å². The van der Waals surface area contributed by atoms with Crippen molar-refractivity contribution in [1.29, 1.82) is 5.41 Å². The fourth-order valence-corrected chi connectivity index (χ4v) is 0.529. The lowest BCUT2D eigenvalue weighted by Gasteiger charge is -1.93. The summed E-state index contributed by atoms with van der Waals surface area (Å²) in [6.07, 6.45) is 0. The minimum absolute atomic E-state index is 0.137. The third kappa shape index (κ3) is 3.60. The first-order chi connectivity index (χ1) is 4.04. The van der Waals surface area contributed by atoms with Gasteiger partial charge in [-0.1, -0.05) is 6.58 Å². The van der Waals surface area contributed by atoms with Gasteiger partial charge in [-0.15, -0.1) is 0 Å². The molecule has 0 rings (SSSR count). The zero-order chi connectivity index (χ0) is 7.44. The number of hydrogen-bond acceptors (Lipinski definition) is 3. The number of thioether (sulfide) groups is 1. The molecule has 0 aromatic heterocycles. The van der Waals surface area contributed by atoms with Gasteiger partial charge in [0.1, 0.15) is 0 Å². The van der Waals surface area contributed by atoms with Gasteiger partial charge in [0.15, 0.2) is 5.17 Å². The molecule has 0 spiro atoms. The van der Waals surface area contributed by atoms with E-state index in [1.54, 1.807) is 0 Å². The SMILES string of the molecule is C=C(SC(=N)N)C(=O)O. The Bertz CT molecular complexity index is 166. The van der Waals surface area contributed by atoms with Crippen LogP contribution in [0.5, 0.6) is 0 Å². The number of carboxylic acids is 1. The smallest absolute Gasteiger partial charge is 0.342 e.